The highest BCUT2D eigenvalue weighted by molar-refractivity contribution is 14.0. The first kappa shape index (κ1) is 24.5. The molecule has 8 heteroatoms. The summed E-state index contributed by atoms with van der Waals surface area (Å²) in [7, 11) is 0. The highest BCUT2D eigenvalue weighted by Crippen LogP contribution is 2.31. The molecule has 1 heterocycles. The second kappa shape index (κ2) is 14.4. The molecule has 0 aromatic heterocycles. The molecule has 158 valence electrons. The van der Waals surface area contributed by atoms with Crippen LogP contribution < -0.4 is 20.3 Å². The number of ether oxygens (including phenoxy) is 2. The van der Waals surface area contributed by atoms with E-state index in [-0.39, 0.29) is 36.5 Å². The summed E-state index contributed by atoms with van der Waals surface area (Å²) in [6.45, 7) is 8.72. The molecule has 7 nitrogen and oxygen atoms in total. The Hall–Kier alpha value is -1.55. The lowest BCUT2D eigenvalue weighted by Gasteiger charge is -2.29. The standard InChI is InChI=1S/C20H32N4O3.HI/c1-3-21-20(22-12-7-8-15-26-4-2)23-13-9-14-24-17-10-5-6-11-18(17)27-16-19(24)25;/h5-6,10-11H,3-4,7-9,12-16H2,1-2H3,(H2,21,22,23);1H. The van der Waals surface area contributed by atoms with E-state index in [2.05, 4.69) is 22.5 Å². The molecule has 28 heavy (non-hydrogen) atoms. The van der Waals surface area contributed by atoms with E-state index in [9.17, 15) is 4.79 Å². The van der Waals surface area contributed by atoms with Gasteiger partial charge in [-0.25, -0.2) is 0 Å². The van der Waals surface area contributed by atoms with Crippen molar-refractivity contribution in [3.05, 3.63) is 24.3 Å². The number of anilines is 1. The fourth-order valence-corrected chi connectivity index (χ4v) is 2.84. The van der Waals surface area contributed by atoms with Gasteiger partial charge in [-0.05, 0) is 45.2 Å². The van der Waals surface area contributed by atoms with Crippen LogP contribution in [0.4, 0.5) is 5.69 Å². The van der Waals surface area contributed by atoms with E-state index in [4.69, 9.17) is 9.47 Å². The van der Waals surface area contributed by atoms with Crippen LogP contribution in [0.1, 0.15) is 33.1 Å². The summed E-state index contributed by atoms with van der Waals surface area (Å²) in [5.41, 5.74) is 0.844. The number of fused-ring (bicyclic) bond motifs is 1. The molecule has 0 spiro atoms. The van der Waals surface area contributed by atoms with Crippen molar-refractivity contribution in [3.8, 4) is 5.75 Å². The predicted molar refractivity (Wildman–Crippen MR) is 124 cm³/mol. The number of hydrogen-bond acceptors (Lipinski definition) is 4. The van der Waals surface area contributed by atoms with Crippen LogP contribution in [0.5, 0.6) is 5.75 Å². The van der Waals surface area contributed by atoms with E-state index in [0.29, 0.717) is 13.1 Å². The number of nitrogens with one attached hydrogen (secondary N) is 2. The first-order valence-electron chi connectivity index (χ1n) is 9.88. The van der Waals surface area contributed by atoms with Crippen molar-refractivity contribution in [3.63, 3.8) is 0 Å². The number of para-hydroxylation sites is 2. The fourth-order valence-electron chi connectivity index (χ4n) is 2.84. The molecule has 1 aromatic rings. The second-order valence-electron chi connectivity index (χ2n) is 6.25. The number of carbonyl (C=O) groups excluding carboxylic acids is 1. The first-order valence-corrected chi connectivity index (χ1v) is 9.88. The van der Waals surface area contributed by atoms with E-state index in [1.165, 1.54) is 0 Å². The lowest BCUT2D eigenvalue weighted by Crippen LogP contribution is -2.40. The van der Waals surface area contributed by atoms with Crippen molar-refractivity contribution in [1.29, 1.82) is 0 Å². The summed E-state index contributed by atoms with van der Waals surface area (Å²) in [5.74, 6) is 1.59. The average Bonchev–Trinajstić information content (AvgIpc) is 2.69. The van der Waals surface area contributed by atoms with Crippen LogP contribution in [0.3, 0.4) is 0 Å². The average molecular weight is 504 g/mol. The van der Waals surface area contributed by atoms with Crippen LogP contribution in [0.25, 0.3) is 0 Å². The van der Waals surface area contributed by atoms with E-state index in [0.717, 1.165) is 63.0 Å². The van der Waals surface area contributed by atoms with Gasteiger partial charge in [0.2, 0.25) is 0 Å². The van der Waals surface area contributed by atoms with Crippen molar-refractivity contribution >= 4 is 41.5 Å². The molecule has 0 unspecified atom stereocenters. The maximum atomic E-state index is 12.2. The van der Waals surface area contributed by atoms with Gasteiger partial charge in [0.1, 0.15) is 5.75 Å². The van der Waals surface area contributed by atoms with Crippen molar-refractivity contribution in [2.24, 2.45) is 4.99 Å². The molecule has 2 rings (SSSR count). The van der Waals surface area contributed by atoms with Gasteiger partial charge in [0.15, 0.2) is 12.6 Å². The number of carbonyl (C=O) groups is 1. The summed E-state index contributed by atoms with van der Waals surface area (Å²) in [5, 5.41) is 6.60. The third-order valence-electron chi connectivity index (χ3n) is 4.17. The minimum absolute atomic E-state index is 0. The highest BCUT2D eigenvalue weighted by Gasteiger charge is 2.24. The molecule has 1 aliphatic rings. The van der Waals surface area contributed by atoms with Crippen LogP contribution >= 0.6 is 24.0 Å². The summed E-state index contributed by atoms with van der Waals surface area (Å²) in [6.07, 6.45) is 2.88. The van der Waals surface area contributed by atoms with Crippen molar-refractivity contribution in [2.75, 3.05) is 50.9 Å². The number of nitrogens with zero attached hydrogens (tertiary/aromatic N) is 2. The molecule has 2 N–H and O–H groups in total. The molecule has 1 amide bonds. The highest BCUT2D eigenvalue weighted by atomic mass is 127. The third kappa shape index (κ3) is 8.22. The van der Waals surface area contributed by atoms with Crippen molar-refractivity contribution in [1.82, 2.24) is 10.6 Å². The molecule has 0 radical (unpaired) electrons. The number of halogens is 1. The topological polar surface area (TPSA) is 75.2 Å². The Balaban J connectivity index is 0.00000392. The summed E-state index contributed by atoms with van der Waals surface area (Å²) in [4.78, 5) is 18.6. The molecule has 0 atom stereocenters. The van der Waals surface area contributed by atoms with Gasteiger partial charge in [-0.2, -0.15) is 0 Å². The van der Waals surface area contributed by atoms with Crippen LogP contribution in [0.15, 0.2) is 29.3 Å². The lowest BCUT2D eigenvalue weighted by molar-refractivity contribution is -0.121. The number of unbranched alkanes of at least 4 members (excludes halogenated alkanes) is 1. The Morgan fingerprint density at radius 3 is 2.82 bits per heavy atom. The second-order valence-corrected chi connectivity index (χ2v) is 6.25. The van der Waals surface area contributed by atoms with Gasteiger partial charge in [0.25, 0.3) is 5.91 Å². The molecule has 0 bridgehead atoms. The third-order valence-corrected chi connectivity index (χ3v) is 4.17. The Kier molecular flexibility index (Phi) is 12.6. The largest absolute Gasteiger partial charge is 0.482 e. The van der Waals surface area contributed by atoms with Crippen LogP contribution in [-0.4, -0.2) is 57.9 Å². The van der Waals surface area contributed by atoms with Crippen molar-refractivity contribution in [2.45, 2.75) is 33.1 Å². The number of aliphatic imine (C=N–C) groups is 1. The number of benzene rings is 1. The van der Waals surface area contributed by atoms with Gasteiger partial charge in [-0.15, -0.1) is 24.0 Å². The van der Waals surface area contributed by atoms with E-state index in [1.807, 2.05) is 31.2 Å². The minimum atomic E-state index is -0.00277. The normalized spacial score (nSPS) is 13.4. The molecular weight excluding hydrogens is 471 g/mol. The molecule has 0 aliphatic carbocycles. The van der Waals surface area contributed by atoms with E-state index in [1.54, 1.807) is 4.90 Å². The van der Waals surface area contributed by atoms with Gasteiger partial charge >= 0.3 is 0 Å². The van der Waals surface area contributed by atoms with Gasteiger partial charge < -0.3 is 25.0 Å². The summed E-state index contributed by atoms with van der Waals surface area (Å²) in [6, 6.07) is 7.65. The summed E-state index contributed by atoms with van der Waals surface area (Å²) >= 11 is 0. The van der Waals surface area contributed by atoms with Gasteiger partial charge in [0, 0.05) is 39.4 Å². The number of rotatable bonds is 11. The SMILES string of the molecule is CCNC(=NCCCN1C(=O)COc2ccccc21)NCCCCOCC.I. The van der Waals surface area contributed by atoms with Crippen LogP contribution in [0, 0.1) is 0 Å². The molecule has 0 fully saturated rings. The zero-order valence-electron chi connectivity index (χ0n) is 16.9. The van der Waals surface area contributed by atoms with E-state index < -0.39 is 0 Å². The van der Waals surface area contributed by atoms with Crippen molar-refractivity contribution < 1.29 is 14.3 Å². The Morgan fingerprint density at radius 2 is 2.04 bits per heavy atom. The summed E-state index contributed by atoms with van der Waals surface area (Å²) < 4.78 is 10.8. The molecule has 0 saturated heterocycles. The number of amides is 1. The molecule has 1 aliphatic heterocycles. The monoisotopic (exact) mass is 504 g/mol. The number of hydrogen-bond donors (Lipinski definition) is 2. The van der Waals surface area contributed by atoms with E-state index >= 15 is 0 Å². The number of guanidine groups is 1. The van der Waals surface area contributed by atoms with Gasteiger partial charge in [-0.1, -0.05) is 12.1 Å². The Labute approximate surface area is 185 Å². The lowest BCUT2D eigenvalue weighted by atomic mass is 10.2. The smallest absolute Gasteiger partial charge is 0.265 e. The van der Waals surface area contributed by atoms with Gasteiger partial charge in [0.05, 0.1) is 5.69 Å². The van der Waals surface area contributed by atoms with Crippen LogP contribution in [0.2, 0.25) is 0 Å². The quantitative estimate of drug-likeness (QED) is 0.210. The Morgan fingerprint density at radius 1 is 1.21 bits per heavy atom. The van der Waals surface area contributed by atoms with Gasteiger partial charge in [-0.3, -0.25) is 9.79 Å². The molecule has 1 aromatic carbocycles. The molecule has 0 saturated carbocycles. The zero-order chi connectivity index (χ0) is 19.3. The molecular formula is C20H33IN4O3. The zero-order valence-corrected chi connectivity index (χ0v) is 19.2. The maximum Gasteiger partial charge on any atom is 0.265 e. The minimum Gasteiger partial charge on any atom is -0.482 e. The first-order chi connectivity index (χ1) is 13.3. The maximum absolute atomic E-state index is 12.2. The Bertz CT molecular complexity index is 613. The van der Waals surface area contributed by atoms with Crippen LogP contribution in [-0.2, 0) is 9.53 Å². The fraction of sp³-hybridized carbons (Fsp3) is 0.600. The predicted octanol–water partition coefficient (Wildman–Crippen LogP) is 2.79.